The van der Waals surface area contributed by atoms with Gasteiger partial charge in [0.2, 0.25) is 11.8 Å². The van der Waals surface area contributed by atoms with Gasteiger partial charge in [0.15, 0.2) is 0 Å². The number of piperazine rings is 1. The van der Waals surface area contributed by atoms with Gasteiger partial charge < -0.3 is 19.4 Å². The predicted molar refractivity (Wildman–Crippen MR) is 138 cm³/mol. The molecule has 4 rings (SSSR count). The van der Waals surface area contributed by atoms with E-state index in [0.29, 0.717) is 19.6 Å². The highest BCUT2D eigenvalue weighted by Gasteiger charge is 2.42. The van der Waals surface area contributed by atoms with Crippen LogP contribution in [0.5, 0.6) is 5.75 Å². The zero-order valence-corrected chi connectivity index (χ0v) is 21.2. The second kappa shape index (κ2) is 11.7. The lowest BCUT2D eigenvalue weighted by Crippen LogP contribution is -2.53. The van der Waals surface area contributed by atoms with Crippen LogP contribution in [0.15, 0.2) is 60.7 Å². The van der Waals surface area contributed by atoms with Crippen molar-refractivity contribution in [1.29, 1.82) is 0 Å². The Bertz CT molecular complexity index is 960. The van der Waals surface area contributed by atoms with E-state index < -0.39 is 0 Å². The molecule has 0 aliphatic carbocycles. The van der Waals surface area contributed by atoms with Crippen molar-refractivity contribution < 1.29 is 14.3 Å². The van der Waals surface area contributed by atoms with Gasteiger partial charge in [-0.2, -0.15) is 0 Å². The van der Waals surface area contributed by atoms with Crippen LogP contribution in [0.4, 0.5) is 0 Å². The average molecular weight is 478 g/mol. The highest BCUT2D eigenvalue weighted by Crippen LogP contribution is 2.37. The summed E-state index contributed by atoms with van der Waals surface area (Å²) in [6.07, 6.45) is 2.93. The maximum Gasteiger partial charge on any atom is 0.230 e. The fourth-order valence-corrected chi connectivity index (χ4v) is 5.41. The van der Waals surface area contributed by atoms with Gasteiger partial charge in [-0.1, -0.05) is 55.5 Å². The fraction of sp³-hybridized carbons (Fsp3) is 0.517. The number of likely N-dealkylation sites (tertiary alicyclic amines) is 1. The van der Waals surface area contributed by atoms with Crippen LogP contribution in [0.1, 0.15) is 44.1 Å². The molecule has 2 amide bonds. The lowest BCUT2D eigenvalue weighted by atomic mass is 9.76. The third-order valence-electron chi connectivity index (χ3n) is 7.55. The Hall–Kier alpha value is -2.86. The summed E-state index contributed by atoms with van der Waals surface area (Å²) in [5, 5.41) is 0. The normalized spacial score (nSPS) is 22.0. The van der Waals surface area contributed by atoms with E-state index in [0.717, 1.165) is 63.3 Å². The fourth-order valence-electron chi connectivity index (χ4n) is 5.41. The molecule has 0 saturated carbocycles. The standard InChI is InChI=1S/C29H39N3O3/c1-3-26(24-11-6-4-7-12-24)28(34)32-16-10-15-29(22-32,23-35-25-13-8-5-9-14-25)21-27(33)31-19-17-30(2)18-20-31/h4-9,11-14,26H,3,10,15-23H2,1-2H3/t26-,29-/m0/s1. The van der Waals surface area contributed by atoms with Crippen molar-refractivity contribution in [1.82, 2.24) is 14.7 Å². The average Bonchev–Trinajstić information content (AvgIpc) is 2.90. The van der Waals surface area contributed by atoms with E-state index in [9.17, 15) is 9.59 Å². The van der Waals surface area contributed by atoms with Crippen molar-refractivity contribution in [3.63, 3.8) is 0 Å². The monoisotopic (exact) mass is 477 g/mol. The van der Waals surface area contributed by atoms with Crippen LogP contribution in [0.25, 0.3) is 0 Å². The smallest absolute Gasteiger partial charge is 0.230 e. The van der Waals surface area contributed by atoms with Crippen LogP contribution in [0.3, 0.4) is 0 Å². The number of carbonyl (C=O) groups excluding carboxylic acids is 2. The second-order valence-electron chi connectivity index (χ2n) is 10.2. The molecule has 0 aromatic heterocycles. The zero-order valence-electron chi connectivity index (χ0n) is 21.2. The molecule has 2 aromatic rings. The molecule has 2 aromatic carbocycles. The van der Waals surface area contributed by atoms with Crippen LogP contribution >= 0.6 is 0 Å². The van der Waals surface area contributed by atoms with Crippen molar-refractivity contribution >= 4 is 11.8 Å². The molecule has 35 heavy (non-hydrogen) atoms. The lowest BCUT2D eigenvalue weighted by molar-refractivity contribution is -0.143. The van der Waals surface area contributed by atoms with Gasteiger partial charge in [-0.25, -0.2) is 0 Å². The first kappa shape index (κ1) is 25.2. The predicted octanol–water partition coefficient (Wildman–Crippen LogP) is 4.03. The van der Waals surface area contributed by atoms with Crippen LogP contribution in [0, 0.1) is 5.41 Å². The molecular weight excluding hydrogens is 438 g/mol. The van der Waals surface area contributed by atoms with Gasteiger partial charge in [-0.05, 0) is 44.0 Å². The highest BCUT2D eigenvalue weighted by molar-refractivity contribution is 5.84. The first-order valence-electron chi connectivity index (χ1n) is 13.0. The van der Waals surface area contributed by atoms with Gasteiger partial charge in [0.05, 0.1) is 12.5 Å². The van der Waals surface area contributed by atoms with E-state index in [1.165, 1.54) is 0 Å². The quantitative estimate of drug-likeness (QED) is 0.576. The highest BCUT2D eigenvalue weighted by atomic mass is 16.5. The third-order valence-corrected chi connectivity index (χ3v) is 7.55. The summed E-state index contributed by atoms with van der Waals surface area (Å²) in [4.78, 5) is 33.4. The Morgan fingerprint density at radius 1 is 0.914 bits per heavy atom. The summed E-state index contributed by atoms with van der Waals surface area (Å²) in [6.45, 7) is 7.13. The van der Waals surface area contributed by atoms with Crippen molar-refractivity contribution in [3.8, 4) is 5.75 Å². The number of hydrogen-bond acceptors (Lipinski definition) is 4. The van der Waals surface area contributed by atoms with E-state index in [-0.39, 0.29) is 23.1 Å². The SMILES string of the molecule is CC[C@H](C(=O)N1CCC[C@](COc2ccccc2)(CC(=O)N2CCN(C)CC2)C1)c1ccccc1. The summed E-state index contributed by atoms with van der Waals surface area (Å²) in [5.74, 6) is 0.988. The van der Waals surface area contributed by atoms with E-state index in [2.05, 4.69) is 18.9 Å². The Kier molecular flexibility index (Phi) is 8.45. The minimum absolute atomic E-state index is 0.157. The van der Waals surface area contributed by atoms with E-state index in [4.69, 9.17) is 4.74 Å². The largest absolute Gasteiger partial charge is 0.493 e. The molecule has 2 atom stereocenters. The first-order chi connectivity index (χ1) is 17.0. The third kappa shape index (κ3) is 6.43. The maximum atomic E-state index is 13.7. The molecule has 2 fully saturated rings. The van der Waals surface area contributed by atoms with E-state index >= 15 is 0 Å². The summed E-state index contributed by atoms with van der Waals surface area (Å²) in [7, 11) is 2.10. The number of para-hydroxylation sites is 1. The molecule has 0 spiro atoms. The molecule has 0 bridgehead atoms. The summed E-state index contributed by atoms with van der Waals surface area (Å²) in [6, 6.07) is 19.8. The van der Waals surface area contributed by atoms with Gasteiger partial charge in [-0.3, -0.25) is 9.59 Å². The Morgan fingerprint density at radius 2 is 1.57 bits per heavy atom. The number of carbonyl (C=O) groups is 2. The molecule has 2 saturated heterocycles. The molecule has 2 aliphatic rings. The van der Waals surface area contributed by atoms with Gasteiger partial charge >= 0.3 is 0 Å². The molecule has 0 radical (unpaired) electrons. The number of piperidine rings is 1. The molecule has 2 heterocycles. The maximum absolute atomic E-state index is 13.7. The summed E-state index contributed by atoms with van der Waals surface area (Å²) in [5.41, 5.74) is 0.671. The second-order valence-corrected chi connectivity index (χ2v) is 10.2. The number of nitrogens with zero attached hydrogens (tertiary/aromatic N) is 3. The van der Waals surface area contributed by atoms with Crippen molar-refractivity contribution in [2.75, 3.05) is 52.9 Å². The minimum atomic E-state index is -0.390. The summed E-state index contributed by atoms with van der Waals surface area (Å²) < 4.78 is 6.24. The lowest BCUT2D eigenvalue weighted by Gasteiger charge is -2.44. The molecular formula is C29H39N3O3. The van der Waals surface area contributed by atoms with E-state index in [1.807, 2.05) is 70.5 Å². The number of likely N-dealkylation sites (N-methyl/N-ethyl adjacent to an activating group) is 1. The molecule has 6 heteroatoms. The van der Waals surface area contributed by atoms with Gasteiger partial charge in [0.25, 0.3) is 0 Å². The summed E-state index contributed by atoms with van der Waals surface area (Å²) >= 11 is 0. The van der Waals surface area contributed by atoms with Crippen LogP contribution < -0.4 is 4.74 Å². The van der Waals surface area contributed by atoms with Gasteiger partial charge in [-0.15, -0.1) is 0 Å². The number of hydrogen-bond donors (Lipinski definition) is 0. The van der Waals surface area contributed by atoms with E-state index in [1.54, 1.807) is 0 Å². The first-order valence-corrected chi connectivity index (χ1v) is 13.0. The Morgan fingerprint density at radius 3 is 2.23 bits per heavy atom. The molecule has 6 nitrogen and oxygen atoms in total. The Balaban J connectivity index is 1.52. The zero-order chi connectivity index (χ0) is 24.7. The number of amides is 2. The van der Waals surface area contributed by atoms with Gasteiger partial charge in [0, 0.05) is 51.1 Å². The molecule has 2 aliphatic heterocycles. The van der Waals surface area contributed by atoms with Gasteiger partial charge in [0.1, 0.15) is 5.75 Å². The number of benzene rings is 2. The molecule has 0 N–H and O–H groups in total. The molecule has 188 valence electrons. The van der Waals surface area contributed by atoms with Crippen LogP contribution in [-0.2, 0) is 9.59 Å². The Labute approximate surface area is 209 Å². The molecule has 0 unspecified atom stereocenters. The minimum Gasteiger partial charge on any atom is -0.493 e. The van der Waals surface area contributed by atoms with Crippen molar-refractivity contribution in [3.05, 3.63) is 66.2 Å². The number of rotatable bonds is 8. The van der Waals surface area contributed by atoms with Crippen LogP contribution in [-0.4, -0.2) is 79.4 Å². The topological polar surface area (TPSA) is 53.1 Å². The van der Waals surface area contributed by atoms with Crippen LogP contribution in [0.2, 0.25) is 0 Å². The van der Waals surface area contributed by atoms with Crippen molar-refractivity contribution in [2.45, 2.75) is 38.5 Å². The van der Waals surface area contributed by atoms with Crippen molar-refractivity contribution in [2.24, 2.45) is 5.41 Å². The number of ether oxygens (including phenoxy) is 1.